The molecule has 0 unspecified atom stereocenters. The second-order valence-electron chi connectivity index (χ2n) is 5.61. The van der Waals surface area contributed by atoms with Crippen LogP contribution < -0.4 is 5.32 Å². The summed E-state index contributed by atoms with van der Waals surface area (Å²) in [5.74, 6) is -0.536. The molecule has 1 N–H and O–H groups in total. The molecule has 0 saturated carbocycles. The summed E-state index contributed by atoms with van der Waals surface area (Å²) in [4.78, 5) is 25.9. The molecule has 0 atom stereocenters. The number of carbonyl (C=O) groups excluding carboxylic acids is 2. The SMILES string of the molecule is CCOC(=O)c1c(NC(=O)c2cccc(C)c2)sc2c1CCC2. The number of aryl methyl sites for hydroxylation is 2. The summed E-state index contributed by atoms with van der Waals surface area (Å²) >= 11 is 1.50. The van der Waals surface area contributed by atoms with E-state index in [0.717, 1.165) is 30.4 Å². The van der Waals surface area contributed by atoms with Crippen LogP contribution in [0.25, 0.3) is 0 Å². The van der Waals surface area contributed by atoms with Crippen LogP contribution in [-0.2, 0) is 17.6 Å². The zero-order chi connectivity index (χ0) is 16.4. The van der Waals surface area contributed by atoms with Crippen LogP contribution in [0.15, 0.2) is 24.3 Å². The molecule has 1 aliphatic rings. The largest absolute Gasteiger partial charge is 0.462 e. The van der Waals surface area contributed by atoms with Crippen molar-refractivity contribution < 1.29 is 14.3 Å². The number of hydrogen-bond acceptors (Lipinski definition) is 4. The van der Waals surface area contributed by atoms with Gasteiger partial charge in [0, 0.05) is 10.4 Å². The molecule has 1 amide bonds. The maximum atomic E-state index is 12.5. The molecule has 2 aromatic rings. The Labute approximate surface area is 139 Å². The van der Waals surface area contributed by atoms with Crippen molar-refractivity contribution in [3.63, 3.8) is 0 Å². The van der Waals surface area contributed by atoms with Gasteiger partial charge in [-0.1, -0.05) is 17.7 Å². The van der Waals surface area contributed by atoms with Gasteiger partial charge in [0.2, 0.25) is 0 Å². The van der Waals surface area contributed by atoms with Crippen LogP contribution in [0, 0.1) is 6.92 Å². The lowest BCUT2D eigenvalue weighted by Gasteiger charge is -2.08. The number of benzene rings is 1. The van der Waals surface area contributed by atoms with Crippen molar-refractivity contribution in [3.8, 4) is 0 Å². The minimum atomic E-state index is -0.341. The smallest absolute Gasteiger partial charge is 0.341 e. The Hall–Kier alpha value is -2.14. The Morgan fingerprint density at radius 3 is 2.87 bits per heavy atom. The first-order valence-electron chi connectivity index (χ1n) is 7.79. The molecule has 0 bridgehead atoms. The lowest BCUT2D eigenvalue weighted by molar-refractivity contribution is 0.0527. The van der Waals surface area contributed by atoms with Crippen LogP contribution in [0.4, 0.5) is 5.00 Å². The van der Waals surface area contributed by atoms with Gasteiger partial charge >= 0.3 is 5.97 Å². The molecule has 0 radical (unpaired) electrons. The van der Waals surface area contributed by atoms with Crippen LogP contribution in [0.5, 0.6) is 0 Å². The molecule has 1 aliphatic carbocycles. The van der Waals surface area contributed by atoms with Crippen molar-refractivity contribution in [1.82, 2.24) is 0 Å². The van der Waals surface area contributed by atoms with Gasteiger partial charge in [-0.25, -0.2) is 4.79 Å². The number of anilines is 1. The number of thiophene rings is 1. The van der Waals surface area contributed by atoms with Crippen LogP contribution in [-0.4, -0.2) is 18.5 Å². The summed E-state index contributed by atoms with van der Waals surface area (Å²) in [5, 5.41) is 3.51. The molecule has 23 heavy (non-hydrogen) atoms. The quantitative estimate of drug-likeness (QED) is 0.863. The number of fused-ring (bicyclic) bond motifs is 1. The van der Waals surface area contributed by atoms with Crippen molar-refractivity contribution in [1.29, 1.82) is 0 Å². The highest BCUT2D eigenvalue weighted by atomic mass is 32.1. The number of amides is 1. The molecule has 0 saturated heterocycles. The second kappa shape index (κ2) is 6.54. The van der Waals surface area contributed by atoms with E-state index in [1.165, 1.54) is 16.2 Å². The lowest BCUT2D eigenvalue weighted by atomic mass is 10.1. The summed E-state index contributed by atoms with van der Waals surface area (Å²) in [6, 6.07) is 7.40. The predicted molar refractivity (Wildman–Crippen MR) is 91.4 cm³/mol. The standard InChI is InChI=1S/C18H19NO3S/c1-3-22-18(21)15-13-8-5-9-14(13)23-17(15)19-16(20)12-7-4-6-11(2)10-12/h4,6-7,10H,3,5,8-9H2,1-2H3,(H,19,20). The van der Waals surface area contributed by atoms with E-state index in [1.807, 2.05) is 25.1 Å². The van der Waals surface area contributed by atoms with E-state index in [4.69, 9.17) is 4.74 Å². The minimum absolute atomic E-state index is 0.195. The van der Waals surface area contributed by atoms with Crippen LogP contribution in [0.1, 0.15) is 50.1 Å². The van der Waals surface area contributed by atoms with Gasteiger partial charge < -0.3 is 10.1 Å². The molecule has 1 aromatic carbocycles. The van der Waals surface area contributed by atoms with E-state index in [1.54, 1.807) is 13.0 Å². The number of rotatable bonds is 4. The summed E-state index contributed by atoms with van der Waals surface area (Å²) in [5.41, 5.74) is 3.21. The average molecular weight is 329 g/mol. The third kappa shape index (κ3) is 3.15. The Morgan fingerprint density at radius 1 is 1.30 bits per heavy atom. The van der Waals surface area contributed by atoms with E-state index in [-0.39, 0.29) is 11.9 Å². The van der Waals surface area contributed by atoms with Crippen molar-refractivity contribution in [2.24, 2.45) is 0 Å². The van der Waals surface area contributed by atoms with Gasteiger partial charge in [-0.15, -0.1) is 11.3 Å². The van der Waals surface area contributed by atoms with E-state index >= 15 is 0 Å². The van der Waals surface area contributed by atoms with Gasteiger partial charge in [0.1, 0.15) is 5.00 Å². The number of nitrogens with one attached hydrogen (secondary N) is 1. The average Bonchev–Trinajstić information content (AvgIpc) is 3.07. The molecule has 120 valence electrons. The number of esters is 1. The molecule has 5 heteroatoms. The minimum Gasteiger partial charge on any atom is -0.462 e. The van der Waals surface area contributed by atoms with Crippen molar-refractivity contribution >= 4 is 28.2 Å². The van der Waals surface area contributed by atoms with Gasteiger partial charge in [0.05, 0.1) is 12.2 Å². The third-order valence-electron chi connectivity index (χ3n) is 3.91. The first kappa shape index (κ1) is 15.7. The zero-order valence-corrected chi connectivity index (χ0v) is 14.1. The normalized spacial score (nSPS) is 12.8. The molecule has 1 heterocycles. The van der Waals surface area contributed by atoms with E-state index in [0.29, 0.717) is 22.7 Å². The summed E-state index contributed by atoms with van der Waals surface area (Å²) in [6.45, 7) is 4.06. The predicted octanol–water partition coefficient (Wildman–Crippen LogP) is 3.97. The molecule has 0 aliphatic heterocycles. The van der Waals surface area contributed by atoms with E-state index < -0.39 is 0 Å². The number of hydrogen-bond donors (Lipinski definition) is 1. The summed E-state index contributed by atoms with van der Waals surface area (Å²) < 4.78 is 5.18. The summed E-state index contributed by atoms with van der Waals surface area (Å²) in [6.07, 6.45) is 2.90. The fraction of sp³-hybridized carbons (Fsp3) is 0.333. The number of carbonyl (C=O) groups is 2. The number of ether oxygens (including phenoxy) is 1. The zero-order valence-electron chi connectivity index (χ0n) is 13.3. The van der Waals surface area contributed by atoms with Crippen molar-refractivity contribution in [2.75, 3.05) is 11.9 Å². The highest BCUT2D eigenvalue weighted by Crippen LogP contribution is 2.39. The van der Waals surface area contributed by atoms with Crippen LogP contribution in [0.3, 0.4) is 0 Å². The van der Waals surface area contributed by atoms with Crippen molar-refractivity contribution in [3.05, 3.63) is 51.4 Å². The maximum absolute atomic E-state index is 12.5. The highest BCUT2D eigenvalue weighted by molar-refractivity contribution is 7.17. The topological polar surface area (TPSA) is 55.4 Å². The Balaban J connectivity index is 1.91. The van der Waals surface area contributed by atoms with Crippen LogP contribution >= 0.6 is 11.3 Å². The second-order valence-corrected chi connectivity index (χ2v) is 6.71. The van der Waals surface area contributed by atoms with Gasteiger partial charge in [0.15, 0.2) is 0 Å². The molecule has 4 nitrogen and oxygen atoms in total. The maximum Gasteiger partial charge on any atom is 0.341 e. The third-order valence-corrected chi connectivity index (χ3v) is 5.12. The summed E-state index contributed by atoms with van der Waals surface area (Å²) in [7, 11) is 0. The molecule has 0 fully saturated rings. The van der Waals surface area contributed by atoms with Gasteiger partial charge in [-0.3, -0.25) is 4.79 Å². The first-order chi connectivity index (χ1) is 11.1. The fourth-order valence-electron chi connectivity index (χ4n) is 2.87. The fourth-order valence-corrected chi connectivity index (χ4v) is 4.15. The van der Waals surface area contributed by atoms with E-state index in [9.17, 15) is 9.59 Å². The van der Waals surface area contributed by atoms with Gasteiger partial charge in [-0.2, -0.15) is 0 Å². The van der Waals surface area contributed by atoms with Gasteiger partial charge in [-0.05, 0) is 50.8 Å². The van der Waals surface area contributed by atoms with Crippen LogP contribution in [0.2, 0.25) is 0 Å². The Morgan fingerprint density at radius 2 is 2.13 bits per heavy atom. The molecule has 3 rings (SSSR count). The molecule has 0 spiro atoms. The van der Waals surface area contributed by atoms with Crippen molar-refractivity contribution in [2.45, 2.75) is 33.1 Å². The molecular formula is C18H19NO3S. The first-order valence-corrected chi connectivity index (χ1v) is 8.61. The molecule has 1 aromatic heterocycles. The molecular weight excluding hydrogens is 310 g/mol. The van der Waals surface area contributed by atoms with E-state index in [2.05, 4.69) is 5.32 Å². The highest BCUT2D eigenvalue weighted by Gasteiger charge is 2.28. The van der Waals surface area contributed by atoms with Gasteiger partial charge in [0.25, 0.3) is 5.91 Å². The Kier molecular flexibility index (Phi) is 4.48. The lowest BCUT2D eigenvalue weighted by Crippen LogP contribution is -2.15. The Bertz CT molecular complexity index is 764. The monoisotopic (exact) mass is 329 g/mol.